The minimum atomic E-state index is -0.109. The number of carbonyl (C=O) groups is 1. The first kappa shape index (κ1) is 35.7. The third-order valence-electron chi connectivity index (χ3n) is 5.13. The molecular formula is C30H53IO2S. The van der Waals surface area contributed by atoms with Crippen molar-refractivity contribution in [3.05, 3.63) is 48.6 Å². The predicted molar refractivity (Wildman–Crippen MR) is 165 cm³/mol. The molecule has 198 valence electrons. The normalized spacial score (nSPS) is 13.6. The van der Waals surface area contributed by atoms with Gasteiger partial charge >= 0.3 is 5.97 Å². The Bertz CT molecular complexity index is 540. The molecule has 34 heavy (non-hydrogen) atoms. The van der Waals surface area contributed by atoms with Gasteiger partial charge in [-0.1, -0.05) is 137 Å². The standard InChI is InChI=1S/C17H30O2S.C13H23I/c1-4-6-9-12-16(3)13-10-7-8-11-14-20-15-17(18)19-5-2;1-3-4-7-10-13(2)11-8-5-6-9-12-14/h7-8,10,13,16H,4-6,9,11-12,14-15H2,1-3H3;5-6,8,11,13H,3-4,7,9-10,12H2,1-2H3/b8-7-,13-10+;6-5-,11-8+/t16-;13-/m00/s1. The van der Waals surface area contributed by atoms with Crippen LogP contribution in [-0.4, -0.2) is 28.5 Å². The fourth-order valence-electron chi connectivity index (χ4n) is 3.05. The van der Waals surface area contributed by atoms with Crippen molar-refractivity contribution >= 4 is 40.3 Å². The van der Waals surface area contributed by atoms with Crippen LogP contribution in [0.15, 0.2) is 48.6 Å². The largest absolute Gasteiger partial charge is 0.465 e. The van der Waals surface area contributed by atoms with Gasteiger partial charge in [0.2, 0.25) is 0 Å². The maximum absolute atomic E-state index is 11.1. The van der Waals surface area contributed by atoms with E-state index < -0.39 is 0 Å². The van der Waals surface area contributed by atoms with Gasteiger partial charge in [0.15, 0.2) is 0 Å². The average molecular weight is 605 g/mol. The Hall–Kier alpha value is -0.490. The molecule has 0 aliphatic carbocycles. The number of allylic oxidation sites excluding steroid dienone is 8. The van der Waals surface area contributed by atoms with Crippen LogP contribution in [0, 0.1) is 11.8 Å². The van der Waals surface area contributed by atoms with E-state index in [4.69, 9.17) is 4.74 Å². The molecule has 0 saturated heterocycles. The summed E-state index contributed by atoms with van der Waals surface area (Å²) in [6.45, 7) is 11.4. The molecule has 0 aliphatic rings. The molecule has 0 radical (unpaired) electrons. The first-order chi connectivity index (χ1) is 16.5. The topological polar surface area (TPSA) is 26.3 Å². The first-order valence-electron chi connectivity index (χ1n) is 13.5. The Labute approximate surface area is 230 Å². The lowest BCUT2D eigenvalue weighted by molar-refractivity contribution is -0.139. The van der Waals surface area contributed by atoms with Gasteiger partial charge in [-0.2, -0.15) is 0 Å². The monoisotopic (exact) mass is 604 g/mol. The van der Waals surface area contributed by atoms with E-state index >= 15 is 0 Å². The van der Waals surface area contributed by atoms with Gasteiger partial charge in [0.1, 0.15) is 0 Å². The molecule has 2 atom stereocenters. The smallest absolute Gasteiger partial charge is 0.315 e. The number of unbranched alkanes of at least 4 members (excludes halogenated alkanes) is 4. The van der Waals surface area contributed by atoms with Crippen LogP contribution in [0.4, 0.5) is 0 Å². The Morgan fingerprint density at radius 1 is 0.824 bits per heavy atom. The van der Waals surface area contributed by atoms with Crippen molar-refractivity contribution in [2.75, 3.05) is 22.5 Å². The predicted octanol–water partition coefficient (Wildman–Crippen LogP) is 10.1. The third-order valence-corrected chi connectivity index (χ3v) is 6.72. The van der Waals surface area contributed by atoms with Crippen LogP contribution in [0.25, 0.3) is 0 Å². The van der Waals surface area contributed by atoms with Crippen molar-refractivity contribution < 1.29 is 9.53 Å². The number of carbonyl (C=O) groups excluding carboxylic acids is 1. The lowest BCUT2D eigenvalue weighted by atomic mass is 10.0. The van der Waals surface area contributed by atoms with Gasteiger partial charge in [-0.3, -0.25) is 4.79 Å². The van der Waals surface area contributed by atoms with Crippen LogP contribution in [0.3, 0.4) is 0 Å². The van der Waals surface area contributed by atoms with Crippen LogP contribution in [0.1, 0.15) is 98.8 Å². The Morgan fingerprint density at radius 3 is 1.82 bits per heavy atom. The minimum Gasteiger partial charge on any atom is -0.465 e. The Balaban J connectivity index is 0. The molecular weight excluding hydrogens is 551 g/mol. The molecule has 0 aromatic carbocycles. The van der Waals surface area contributed by atoms with E-state index in [2.05, 4.69) is 98.9 Å². The van der Waals surface area contributed by atoms with Gasteiger partial charge in [-0.05, 0) is 50.2 Å². The van der Waals surface area contributed by atoms with Gasteiger partial charge in [0, 0.05) is 4.43 Å². The summed E-state index contributed by atoms with van der Waals surface area (Å²) in [4.78, 5) is 11.1. The lowest BCUT2D eigenvalue weighted by Gasteiger charge is -2.03. The van der Waals surface area contributed by atoms with E-state index in [1.165, 1.54) is 62.2 Å². The van der Waals surface area contributed by atoms with E-state index in [0.29, 0.717) is 18.3 Å². The maximum atomic E-state index is 11.1. The van der Waals surface area contributed by atoms with Crippen molar-refractivity contribution in [3.63, 3.8) is 0 Å². The summed E-state index contributed by atoms with van der Waals surface area (Å²) in [6.07, 6.45) is 30.5. The number of halogens is 1. The zero-order chi connectivity index (χ0) is 25.7. The van der Waals surface area contributed by atoms with Crippen molar-refractivity contribution in [2.45, 2.75) is 98.8 Å². The molecule has 0 saturated carbocycles. The first-order valence-corrected chi connectivity index (χ1v) is 16.2. The number of hydrogen-bond acceptors (Lipinski definition) is 3. The number of esters is 1. The van der Waals surface area contributed by atoms with Crippen molar-refractivity contribution in [3.8, 4) is 0 Å². The summed E-state index contributed by atoms with van der Waals surface area (Å²) in [6, 6.07) is 0. The number of hydrogen-bond donors (Lipinski definition) is 0. The second-order valence-corrected chi connectivity index (χ2v) is 10.9. The second kappa shape index (κ2) is 30.5. The summed E-state index contributed by atoms with van der Waals surface area (Å²) in [5, 5.41) is 0. The van der Waals surface area contributed by atoms with E-state index in [9.17, 15) is 4.79 Å². The van der Waals surface area contributed by atoms with Crippen LogP contribution in [0.2, 0.25) is 0 Å². The summed E-state index contributed by atoms with van der Waals surface area (Å²) in [7, 11) is 0. The molecule has 0 fully saturated rings. The van der Waals surface area contributed by atoms with Gasteiger partial charge in [0.25, 0.3) is 0 Å². The van der Waals surface area contributed by atoms with Gasteiger partial charge in [0.05, 0.1) is 12.4 Å². The second-order valence-electron chi connectivity index (χ2n) is 8.70. The quantitative estimate of drug-likeness (QED) is 0.0455. The Morgan fingerprint density at radius 2 is 1.35 bits per heavy atom. The number of rotatable bonds is 20. The molecule has 4 heteroatoms. The van der Waals surface area contributed by atoms with Crippen LogP contribution < -0.4 is 0 Å². The highest BCUT2D eigenvalue weighted by Crippen LogP contribution is 2.11. The van der Waals surface area contributed by atoms with Crippen molar-refractivity contribution in [1.82, 2.24) is 0 Å². The maximum Gasteiger partial charge on any atom is 0.315 e. The summed E-state index contributed by atoms with van der Waals surface area (Å²) < 4.78 is 6.08. The molecule has 0 heterocycles. The molecule has 0 aromatic heterocycles. The SMILES string of the molecule is CCCCC[C@H](C)/C=C/C=C\CCI.CCCCC[C@H](C)/C=C/C=C\CCSCC(=O)OCC. The zero-order valence-electron chi connectivity index (χ0n) is 22.8. The van der Waals surface area contributed by atoms with E-state index in [1.807, 2.05) is 6.92 Å². The summed E-state index contributed by atoms with van der Waals surface area (Å²) in [5.74, 6) is 2.73. The molecule has 0 bridgehead atoms. The van der Waals surface area contributed by atoms with E-state index in [1.54, 1.807) is 11.8 Å². The molecule has 0 aromatic rings. The lowest BCUT2D eigenvalue weighted by Crippen LogP contribution is -2.06. The van der Waals surface area contributed by atoms with Gasteiger partial charge < -0.3 is 4.74 Å². The highest BCUT2D eigenvalue weighted by molar-refractivity contribution is 14.1. The molecule has 2 nitrogen and oxygen atoms in total. The fourth-order valence-corrected chi connectivity index (χ4v) is 4.11. The van der Waals surface area contributed by atoms with Crippen LogP contribution in [-0.2, 0) is 9.53 Å². The van der Waals surface area contributed by atoms with Gasteiger partial charge in [-0.25, -0.2) is 0 Å². The van der Waals surface area contributed by atoms with Crippen LogP contribution >= 0.6 is 34.4 Å². The van der Waals surface area contributed by atoms with E-state index in [0.717, 1.165) is 18.1 Å². The highest BCUT2D eigenvalue weighted by atomic mass is 127. The number of thioether (sulfide) groups is 1. The molecule has 0 N–H and O–H groups in total. The number of alkyl halides is 1. The molecule has 0 amide bonds. The van der Waals surface area contributed by atoms with Crippen LogP contribution in [0.5, 0.6) is 0 Å². The van der Waals surface area contributed by atoms with Crippen molar-refractivity contribution in [1.29, 1.82) is 0 Å². The fraction of sp³-hybridized carbons (Fsp3) is 0.700. The summed E-state index contributed by atoms with van der Waals surface area (Å²) in [5.41, 5.74) is 0. The average Bonchev–Trinajstić information content (AvgIpc) is 2.81. The molecule has 0 rings (SSSR count). The minimum absolute atomic E-state index is 0.109. The van der Waals surface area contributed by atoms with E-state index in [-0.39, 0.29) is 5.97 Å². The summed E-state index contributed by atoms with van der Waals surface area (Å²) >= 11 is 4.03. The van der Waals surface area contributed by atoms with Crippen molar-refractivity contribution in [2.24, 2.45) is 11.8 Å². The highest BCUT2D eigenvalue weighted by Gasteiger charge is 1.99. The third kappa shape index (κ3) is 31.5. The Kier molecular flexibility index (Phi) is 32.0. The molecule has 0 unspecified atom stereocenters. The molecule has 0 aliphatic heterocycles. The number of ether oxygens (including phenoxy) is 1. The molecule has 0 spiro atoms. The zero-order valence-corrected chi connectivity index (χ0v) is 25.7. The van der Waals surface area contributed by atoms with Gasteiger partial charge in [-0.15, -0.1) is 11.8 Å².